The molecule has 0 bridgehead atoms. The molecule has 0 aliphatic carbocycles. The van der Waals surface area contributed by atoms with Gasteiger partial charge in [0.15, 0.2) is 22.8 Å². The monoisotopic (exact) mass is 571 g/mol. The van der Waals surface area contributed by atoms with Crippen molar-refractivity contribution < 1.29 is 14.2 Å². The van der Waals surface area contributed by atoms with E-state index in [4.69, 9.17) is 24.2 Å². The number of ether oxygens (including phenoxy) is 3. The lowest BCUT2D eigenvalue weighted by Gasteiger charge is -2.14. The molecule has 0 fully saturated rings. The number of nitrogens with zero attached hydrogens (tertiary/aromatic N) is 4. The van der Waals surface area contributed by atoms with E-state index in [-0.39, 0.29) is 5.69 Å². The van der Waals surface area contributed by atoms with E-state index in [2.05, 4.69) is 34.2 Å². The fraction of sp³-hybridized carbons (Fsp3) is 0.118. The highest BCUT2D eigenvalue weighted by molar-refractivity contribution is 6.13. The van der Waals surface area contributed by atoms with Gasteiger partial charge in [0, 0.05) is 16.7 Å². The molecule has 0 spiro atoms. The van der Waals surface area contributed by atoms with Gasteiger partial charge >= 0.3 is 5.69 Å². The minimum Gasteiger partial charge on any atom is -0.493 e. The molecular formula is C34H29N5O4. The lowest BCUT2D eigenvalue weighted by atomic mass is 10.0. The Labute approximate surface area is 248 Å². The Balaban J connectivity index is 1.33. The molecule has 2 aromatic heterocycles. The number of methoxy groups -OCH3 is 3. The first-order valence-corrected chi connectivity index (χ1v) is 13.6. The maximum Gasteiger partial charge on any atom is 0.329 e. The molecule has 0 atom stereocenters. The predicted octanol–water partition coefficient (Wildman–Crippen LogP) is 6.03. The molecule has 0 aliphatic rings. The summed E-state index contributed by atoms with van der Waals surface area (Å²) >= 11 is 0. The fourth-order valence-corrected chi connectivity index (χ4v) is 4.91. The Morgan fingerprint density at radius 1 is 0.814 bits per heavy atom. The Morgan fingerprint density at radius 3 is 1.98 bits per heavy atom. The lowest BCUT2D eigenvalue weighted by Crippen LogP contribution is -2.17. The van der Waals surface area contributed by atoms with Crippen LogP contribution in [0.1, 0.15) is 16.7 Å². The van der Waals surface area contributed by atoms with Crippen LogP contribution in [0.5, 0.6) is 17.2 Å². The van der Waals surface area contributed by atoms with E-state index in [0.717, 1.165) is 28.1 Å². The topological polar surface area (TPSA) is 104 Å². The minimum absolute atomic E-state index is 0.297. The van der Waals surface area contributed by atoms with Crippen LogP contribution in [0.2, 0.25) is 0 Å². The smallest absolute Gasteiger partial charge is 0.329 e. The zero-order valence-electron chi connectivity index (χ0n) is 23.9. The molecule has 0 saturated carbocycles. The third-order valence-corrected chi connectivity index (χ3v) is 7.05. The number of rotatable bonds is 9. The third-order valence-electron chi connectivity index (χ3n) is 7.05. The summed E-state index contributed by atoms with van der Waals surface area (Å²) in [5.41, 5.74) is 6.48. The Morgan fingerprint density at radius 2 is 1.42 bits per heavy atom. The largest absolute Gasteiger partial charge is 0.493 e. The molecule has 6 aromatic rings. The molecule has 0 saturated heterocycles. The molecule has 6 rings (SSSR count). The van der Waals surface area contributed by atoms with Crippen molar-refractivity contribution in [1.82, 2.24) is 19.5 Å². The van der Waals surface area contributed by atoms with E-state index < -0.39 is 0 Å². The highest BCUT2D eigenvalue weighted by atomic mass is 16.5. The van der Waals surface area contributed by atoms with Gasteiger partial charge in [0.05, 0.1) is 51.2 Å². The number of hydrogen-bond acceptors (Lipinski definition) is 7. The highest BCUT2D eigenvalue weighted by Gasteiger charge is 2.17. The van der Waals surface area contributed by atoms with Gasteiger partial charge < -0.3 is 14.2 Å². The van der Waals surface area contributed by atoms with Gasteiger partial charge in [-0.1, -0.05) is 72.8 Å². The number of nitrogens with one attached hydrogen (secondary N) is 1. The number of aliphatic imine (C=N–C) groups is 1. The first-order valence-electron chi connectivity index (χ1n) is 13.6. The van der Waals surface area contributed by atoms with Crippen LogP contribution < -0.4 is 19.9 Å². The molecule has 214 valence electrons. The van der Waals surface area contributed by atoms with Gasteiger partial charge in [-0.05, 0) is 29.8 Å². The summed E-state index contributed by atoms with van der Waals surface area (Å²) in [4.78, 5) is 30.0. The molecule has 2 heterocycles. The number of H-pyrrole nitrogens is 1. The van der Waals surface area contributed by atoms with Crippen molar-refractivity contribution in [3.05, 3.63) is 130 Å². The minimum atomic E-state index is -0.297. The molecule has 0 unspecified atom stereocenters. The molecule has 43 heavy (non-hydrogen) atoms. The van der Waals surface area contributed by atoms with Crippen LogP contribution in [-0.4, -0.2) is 46.6 Å². The number of hydrogen-bond donors (Lipinski definition) is 1. The summed E-state index contributed by atoms with van der Waals surface area (Å²) < 4.78 is 18.0. The summed E-state index contributed by atoms with van der Waals surface area (Å²) in [7, 11) is 4.66. The van der Waals surface area contributed by atoms with E-state index in [1.165, 1.54) is 0 Å². The SMILES string of the molecule is COc1cc(-c2cnc3[nH]c(=O)n(Cc4ccc(N=C(c5ccccc5)c5ccccc5)cc4)c3n2)cc(OC)c1OC. The second-order valence-corrected chi connectivity index (χ2v) is 9.72. The Hall–Kier alpha value is -5.70. The van der Waals surface area contributed by atoms with E-state index in [0.29, 0.717) is 46.3 Å². The molecule has 0 aliphatic heterocycles. The van der Waals surface area contributed by atoms with Gasteiger partial charge in [-0.2, -0.15) is 0 Å². The predicted molar refractivity (Wildman–Crippen MR) is 167 cm³/mol. The molecule has 1 N–H and O–H groups in total. The number of aromatic nitrogens is 4. The standard InChI is InChI=1S/C34H29N5O4/c1-41-28-18-25(19-29(42-2)31(28)43-3)27-20-35-32-33(37-27)39(34(40)38-32)21-22-14-16-26(17-15-22)36-30(23-10-6-4-7-11-23)24-12-8-5-9-13-24/h4-20H,21H2,1-3H3,(H,35,38,40). The van der Waals surface area contributed by atoms with Crippen molar-refractivity contribution in [1.29, 1.82) is 0 Å². The fourth-order valence-electron chi connectivity index (χ4n) is 4.91. The van der Waals surface area contributed by atoms with E-state index >= 15 is 0 Å². The number of aromatic amines is 1. The van der Waals surface area contributed by atoms with Crippen molar-refractivity contribution in [2.24, 2.45) is 4.99 Å². The van der Waals surface area contributed by atoms with Gasteiger partial charge in [0.25, 0.3) is 0 Å². The quantitative estimate of drug-likeness (QED) is 0.213. The number of imidazole rings is 1. The number of fused-ring (bicyclic) bond motifs is 1. The van der Waals surface area contributed by atoms with Crippen LogP contribution in [-0.2, 0) is 6.54 Å². The van der Waals surface area contributed by atoms with Crippen molar-refractivity contribution in [2.75, 3.05) is 21.3 Å². The molecule has 9 heteroatoms. The average Bonchev–Trinajstić information content (AvgIpc) is 3.37. The summed E-state index contributed by atoms with van der Waals surface area (Å²) in [6, 6.07) is 31.6. The van der Waals surface area contributed by atoms with Gasteiger partial charge in [-0.15, -0.1) is 0 Å². The Kier molecular flexibility index (Phi) is 7.69. The van der Waals surface area contributed by atoms with Crippen LogP contribution in [0.4, 0.5) is 5.69 Å². The van der Waals surface area contributed by atoms with Crippen molar-refractivity contribution in [2.45, 2.75) is 6.54 Å². The van der Waals surface area contributed by atoms with Gasteiger partial charge in [0.2, 0.25) is 5.75 Å². The van der Waals surface area contributed by atoms with Crippen LogP contribution >= 0.6 is 0 Å². The highest BCUT2D eigenvalue weighted by Crippen LogP contribution is 2.40. The first-order chi connectivity index (χ1) is 21.1. The summed E-state index contributed by atoms with van der Waals surface area (Å²) in [5.74, 6) is 1.47. The summed E-state index contributed by atoms with van der Waals surface area (Å²) in [5, 5.41) is 0. The molecule has 4 aromatic carbocycles. The second-order valence-electron chi connectivity index (χ2n) is 9.72. The summed E-state index contributed by atoms with van der Waals surface area (Å²) in [6.07, 6.45) is 1.60. The maximum absolute atomic E-state index is 13.0. The van der Waals surface area contributed by atoms with Crippen LogP contribution in [0, 0.1) is 0 Å². The second kappa shape index (κ2) is 12.0. The molecule has 9 nitrogen and oxygen atoms in total. The lowest BCUT2D eigenvalue weighted by molar-refractivity contribution is 0.324. The van der Waals surface area contributed by atoms with E-state index in [1.807, 2.05) is 60.7 Å². The van der Waals surface area contributed by atoms with E-state index in [1.54, 1.807) is 44.2 Å². The molecule has 0 radical (unpaired) electrons. The van der Waals surface area contributed by atoms with Gasteiger partial charge in [0.1, 0.15) is 0 Å². The first kappa shape index (κ1) is 27.5. The van der Waals surface area contributed by atoms with Crippen LogP contribution in [0.3, 0.4) is 0 Å². The molecule has 0 amide bonds. The number of benzene rings is 4. The van der Waals surface area contributed by atoms with Crippen LogP contribution in [0.25, 0.3) is 22.6 Å². The van der Waals surface area contributed by atoms with E-state index in [9.17, 15) is 4.79 Å². The van der Waals surface area contributed by atoms with Crippen molar-refractivity contribution in [3.8, 4) is 28.5 Å². The third kappa shape index (κ3) is 5.60. The Bertz CT molecular complexity index is 1900. The zero-order chi connectivity index (χ0) is 29.8. The normalized spacial score (nSPS) is 10.9. The molecular weight excluding hydrogens is 542 g/mol. The van der Waals surface area contributed by atoms with Crippen molar-refractivity contribution in [3.63, 3.8) is 0 Å². The maximum atomic E-state index is 13.0. The van der Waals surface area contributed by atoms with Crippen LogP contribution in [0.15, 0.2) is 113 Å². The summed E-state index contributed by atoms with van der Waals surface area (Å²) in [6.45, 7) is 0.306. The zero-order valence-corrected chi connectivity index (χ0v) is 23.9. The van der Waals surface area contributed by atoms with Gasteiger partial charge in [-0.25, -0.2) is 19.8 Å². The van der Waals surface area contributed by atoms with Gasteiger partial charge in [-0.3, -0.25) is 9.55 Å². The van der Waals surface area contributed by atoms with Crippen molar-refractivity contribution >= 4 is 22.7 Å². The average molecular weight is 572 g/mol.